The molecule has 0 aliphatic carbocycles. The molecule has 2 aromatic carbocycles. The van der Waals surface area contributed by atoms with Gasteiger partial charge in [0.1, 0.15) is 6.61 Å². The van der Waals surface area contributed by atoms with Crippen molar-refractivity contribution in [1.29, 1.82) is 5.26 Å². The lowest BCUT2D eigenvalue weighted by Crippen LogP contribution is -1.89. The van der Waals surface area contributed by atoms with Crippen LogP contribution in [0.25, 0.3) is 0 Å². The highest BCUT2D eigenvalue weighted by atomic mass is 35.5. The number of hydrogen-bond donors (Lipinski definition) is 0. The largest absolute Gasteiger partial charge is 0.391 e. The molecule has 0 bridgehead atoms. The molecule has 0 N–H and O–H groups in total. The van der Waals surface area contributed by atoms with Gasteiger partial charge in [0.25, 0.3) is 0 Å². The molecule has 2 rings (SSSR count). The minimum atomic E-state index is 0.314. The first kappa shape index (κ1) is 13.1. The van der Waals surface area contributed by atoms with Crippen LogP contribution in [0.3, 0.4) is 0 Å². The SMILES string of the molecule is N#Cc1cccc(C=NOCc2ccccc2Cl)c1. The summed E-state index contributed by atoms with van der Waals surface area (Å²) in [6, 6.07) is 16.6. The molecule has 0 atom stereocenters. The van der Waals surface area contributed by atoms with Gasteiger partial charge in [-0.3, -0.25) is 0 Å². The molecular weight excluding hydrogens is 260 g/mol. The minimum Gasteiger partial charge on any atom is -0.391 e. The predicted octanol–water partition coefficient (Wildman–Crippen LogP) is 3.76. The number of rotatable bonds is 4. The van der Waals surface area contributed by atoms with Crippen molar-refractivity contribution in [3.8, 4) is 6.07 Å². The zero-order valence-corrected chi connectivity index (χ0v) is 10.8. The summed E-state index contributed by atoms with van der Waals surface area (Å²) in [6.45, 7) is 0.314. The fourth-order valence-electron chi connectivity index (χ4n) is 1.51. The molecule has 19 heavy (non-hydrogen) atoms. The van der Waals surface area contributed by atoms with Crippen molar-refractivity contribution in [3.63, 3.8) is 0 Å². The maximum atomic E-state index is 8.77. The van der Waals surface area contributed by atoms with Crippen LogP contribution in [0.2, 0.25) is 5.02 Å². The van der Waals surface area contributed by atoms with Gasteiger partial charge < -0.3 is 4.84 Å². The van der Waals surface area contributed by atoms with Crippen molar-refractivity contribution < 1.29 is 4.84 Å². The Kier molecular flexibility index (Phi) is 4.54. The average molecular weight is 271 g/mol. The van der Waals surface area contributed by atoms with E-state index in [-0.39, 0.29) is 0 Å². The standard InChI is InChI=1S/C15H11ClN2O/c16-15-7-2-1-6-14(15)11-19-18-10-13-5-3-4-12(8-13)9-17/h1-8,10H,11H2. The highest BCUT2D eigenvalue weighted by Gasteiger charge is 1.98. The van der Waals surface area contributed by atoms with Gasteiger partial charge in [-0.15, -0.1) is 0 Å². The Bertz CT molecular complexity index is 632. The van der Waals surface area contributed by atoms with E-state index in [2.05, 4.69) is 11.2 Å². The molecule has 94 valence electrons. The van der Waals surface area contributed by atoms with Crippen LogP contribution in [0, 0.1) is 11.3 Å². The fourth-order valence-corrected chi connectivity index (χ4v) is 1.70. The van der Waals surface area contributed by atoms with Crippen LogP contribution in [0.1, 0.15) is 16.7 Å². The van der Waals surface area contributed by atoms with E-state index >= 15 is 0 Å². The fraction of sp³-hybridized carbons (Fsp3) is 0.0667. The van der Waals surface area contributed by atoms with Crippen LogP contribution in [-0.4, -0.2) is 6.21 Å². The first-order valence-electron chi connectivity index (χ1n) is 5.68. The molecule has 2 aromatic rings. The van der Waals surface area contributed by atoms with Crippen LogP contribution in [0.15, 0.2) is 53.7 Å². The molecule has 0 saturated carbocycles. The highest BCUT2D eigenvalue weighted by Crippen LogP contribution is 2.15. The third kappa shape index (κ3) is 3.84. The molecule has 0 radical (unpaired) electrons. The van der Waals surface area contributed by atoms with Crippen molar-refractivity contribution in [2.75, 3.05) is 0 Å². The second-order valence-corrected chi connectivity index (χ2v) is 4.24. The van der Waals surface area contributed by atoms with Gasteiger partial charge in [0, 0.05) is 10.6 Å². The minimum absolute atomic E-state index is 0.314. The van der Waals surface area contributed by atoms with Gasteiger partial charge in [0.05, 0.1) is 17.8 Å². The predicted molar refractivity (Wildman–Crippen MR) is 75.0 cm³/mol. The number of hydrogen-bond acceptors (Lipinski definition) is 3. The molecular formula is C15H11ClN2O. The van der Waals surface area contributed by atoms with Crippen molar-refractivity contribution >= 4 is 17.8 Å². The molecule has 4 heteroatoms. The van der Waals surface area contributed by atoms with E-state index in [1.165, 1.54) is 0 Å². The van der Waals surface area contributed by atoms with Gasteiger partial charge in [0.15, 0.2) is 0 Å². The number of nitriles is 1. The highest BCUT2D eigenvalue weighted by molar-refractivity contribution is 6.31. The Morgan fingerprint density at radius 2 is 2.05 bits per heavy atom. The maximum absolute atomic E-state index is 8.77. The van der Waals surface area contributed by atoms with Gasteiger partial charge in [-0.05, 0) is 23.8 Å². The van der Waals surface area contributed by atoms with E-state index in [1.807, 2.05) is 24.3 Å². The van der Waals surface area contributed by atoms with E-state index in [4.69, 9.17) is 21.7 Å². The van der Waals surface area contributed by atoms with Crippen LogP contribution in [0.5, 0.6) is 0 Å². The monoisotopic (exact) mass is 270 g/mol. The number of nitrogens with zero attached hydrogens (tertiary/aromatic N) is 2. The van der Waals surface area contributed by atoms with Gasteiger partial charge in [0.2, 0.25) is 0 Å². The van der Waals surface area contributed by atoms with Crippen molar-refractivity contribution in [3.05, 3.63) is 70.2 Å². The quantitative estimate of drug-likeness (QED) is 0.627. The summed E-state index contributed by atoms with van der Waals surface area (Å²) < 4.78 is 0. The first-order valence-corrected chi connectivity index (χ1v) is 6.06. The summed E-state index contributed by atoms with van der Waals surface area (Å²) in [7, 11) is 0. The number of halogens is 1. The molecule has 3 nitrogen and oxygen atoms in total. The van der Waals surface area contributed by atoms with Crippen LogP contribution >= 0.6 is 11.6 Å². The lowest BCUT2D eigenvalue weighted by molar-refractivity contribution is 0.132. The smallest absolute Gasteiger partial charge is 0.143 e. The Balaban J connectivity index is 1.94. The molecule has 0 aromatic heterocycles. The van der Waals surface area contributed by atoms with Gasteiger partial charge in [-0.1, -0.05) is 47.1 Å². The van der Waals surface area contributed by atoms with E-state index in [9.17, 15) is 0 Å². The normalized spacial score (nSPS) is 10.3. The summed E-state index contributed by atoms with van der Waals surface area (Å²) in [5.74, 6) is 0. The number of oxime groups is 1. The molecule has 0 saturated heterocycles. The lowest BCUT2D eigenvalue weighted by atomic mass is 10.1. The summed E-state index contributed by atoms with van der Waals surface area (Å²) in [4.78, 5) is 5.18. The Hall–Kier alpha value is -2.31. The van der Waals surface area contributed by atoms with E-state index in [0.717, 1.165) is 11.1 Å². The topological polar surface area (TPSA) is 45.4 Å². The third-order valence-corrected chi connectivity index (χ3v) is 2.84. The van der Waals surface area contributed by atoms with Crippen molar-refractivity contribution in [2.24, 2.45) is 5.16 Å². The molecule has 0 unspecified atom stereocenters. The van der Waals surface area contributed by atoms with Crippen LogP contribution in [-0.2, 0) is 11.4 Å². The number of benzene rings is 2. The summed E-state index contributed by atoms with van der Waals surface area (Å²) in [5, 5.41) is 13.3. The average Bonchev–Trinajstić information content (AvgIpc) is 2.45. The summed E-state index contributed by atoms with van der Waals surface area (Å²) in [5.41, 5.74) is 2.29. The summed E-state index contributed by atoms with van der Waals surface area (Å²) in [6.07, 6.45) is 1.57. The molecule has 0 aliphatic rings. The van der Waals surface area contributed by atoms with Crippen LogP contribution < -0.4 is 0 Å². The lowest BCUT2D eigenvalue weighted by Gasteiger charge is -2.01. The molecule has 0 spiro atoms. The third-order valence-electron chi connectivity index (χ3n) is 2.47. The van der Waals surface area contributed by atoms with Crippen LogP contribution in [0.4, 0.5) is 0 Å². The summed E-state index contributed by atoms with van der Waals surface area (Å²) >= 11 is 5.99. The Morgan fingerprint density at radius 1 is 1.21 bits per heavy atom. The molecule has 0 amide bonds. The van der Waals surface area contributed by atoms with Gasteiger partial charge in [-0.25, -0.2) is 0 Å². The molecule has 0 heterocycles. The first-order chi connectivity index (χ1) is 9.29. The second kappa shape index (κ2) is 6.58. The maximum Gasteiger partial charge on any atom is 0.143 e. The van der Waals surface area contributed by atoms with E-state index < -0.39 is 0 Å². The van der Waals surface area contributed by atoms with Gasteiger partial charge >= 0.3 is 0 Å². The zero-order chi connectivity index (χ0) is 13.5. The zero-order valence-electron chi connectivity index (χ0n) is 10.1. The van der Waals surface area contributed by atoms with E-state index in [1.54, 1.807) is 30.5 Å². The molecule has 0 fully saturated rings. The Labute approximate surface area is 116 Å². The van der Waals surface area contributed by atoms with E-state index in [0.29, 0.717) is 17.2 Å². The van der Waals surface area contributed by atoms with Gasteiger partial charge in [-0.2, -0.15) is 5.26 Å². The molecule has 0 aliphatic heterocycles. The van der Waals surface area contributed by atoms with Crippen molar-refractivity contribution in [2.45, 2.75) is 6.61 Å². The Morgan fingerprint density at radius 3 is 2.84 bits per heavy atom. The second-order valence-electron chi connectivity index (χ2n) is 3.84. The van der Waals surface area contributed by atoms with Crippen molar-refractivity contribution in [1.82, 2.24) is 0 Å².